The summed E-state index contributed by atoms with van der Waals surface area (Å²) in [6, 6.07) is 5.63. The molecule has 5 heterocycles. The molecular weight excluding hydrogens is 752 g/mol. The Morgan fingerprint density at radius 2 is 1.63 bits per heavy atom. The Morgan fingerprint density at radius 3 is 2.26 bits per heavy atom. The second-order valence-electron chi connectivity index (χ2n) is 14.2. The van der Waals surface area contributed by atoms with Crippen molar-refractivity contribution in [2.24, 2.45) is 0 Å². The Balaban J connectivity index is 1.07. The second kappa shape index (κ2) is 18.4. The molecular formula is C37H52N6O14. The van der Waals surface area contributed by atoms with Gasteiger partial charge in [0, 0.05) is 48.1 Å². The van der Waals surface area contributed by atoms with Gasteiger partial charge in [-0.15, -0.1) is 0 Å². The molecule has 20 heteroatoms. The Hall–Kier alpha value is -3.90. The van der Waals surface area contributed by atoms with Crippen LogP contribution in [0, 0.1) is 0 Å². The zero-order chi connectivity index (χ0) is 41.1. The number of nitrogens with zero attached hydrogens (tertiary/aromatic N) is 5. The van der Waals surface area contributed by atoms with E-state index in [2.05, 4.69) is 20.3 Å². The zero-order valence-corrected chi connectivity index (χ0v) is 32.9. The number of benzene rings is 1. The van der Waals surface area contributed by atoms with Gasteiger partial charge in [0.25, 0.3) is 0 Å². The number of fused-ring (bicyclic) bond motifs is 1. The summed E-state index contributed by atoms with van der Waals surface area (Å²) < 4.78 is 53.8. The van der Waals surface area contributed by atoms with Crippen molar-refractivity contribution in [2.45, 2.75) is 99.9 Å². The number of methoxy groups -OCH3 is 4. The number of carbonyl (C=O) groups excluding carboxylic acids is 1. The number of aliphatic hydroxyl groups is 4. The highest BCUT2D eigenvalue weighted by molar-refractivity contribution is 5.97. The standard InChI is InChI=1S/C37H52N6O14/c1-17(33(48)41-22-21(14-44)55-34(24(22)45)43-16-40-23-31(42(3)4)38-15-39-32(23)43)13-19-9-11-20(12-10-19)54-35-26(47)25(46)28(56-35)36(52-8)57-37-30(51-7)29(50-6)27(49-5)18(2)53-37/h9-13,15-16,18,21-22,24-30,34-37,44-47H,14H2,1-8H3,(H,41,48)/t18-,21+,22+,24+,25+,26+,27+,28-,29+,30+,34+,35-,36-,37+/m1/s1. The number of anilines is 1. The molecule has 1 amide bonds. The van der Waals surface area contributed by atoms with E-state index in [1.54, 1.807) is 60.8 Å². The third-order valence-corrected chi connectivity index (χ3v) is 10.3. The minimum atomic E-state index is -1.47. The van der Waals surface area contributed by atoms with Crippen LogP contribution < -0.4 is 15.0 Å². The predicted octanol–water partition coefficient (Wildman–Crippen LogP) is -0.664. The maximum atomic E-state index is 13.3. The van der Waals surface area contributed by atoms with Gasteiger partial charge in [-0.1, -0.05) is 12.1 Å². The highest BCUT2D eigenvalue weighted by Gasteiger charge is 2.52. The fourth-order valence-corrected chi connectivity index (χ4v) is 7.33. The Kier molecular flexibility index (Phi) is 13.7. The van der Waals surface area contributed by atoms with E-state index in [4.69, 9.17) is 42.6 Å². The SMILES string of the molecule is CO[C@H](O[C@@H]1O[C@H](C)[C@H](OC)[C@H](OC)[C@@H]1OC)[C@@H]1O[C@@H](Oc2ccc(C=C(C)C(=O)N[C@@H]3[C@H](O)[C@@H](n4cnc5c(N(C)C)ncnc54)O[C@H]3CO)cc2)[C@@H](O)[C@@H]1O. The Labute approximate surface area is 329 Å². The fraction of sp³-hybridized carbons (Fsp3) is 0.622. The maximum Gasteiger partial charge on any atom is 0.247 e. The molecule has 5 N–H and O–H groups in total. The molecule has 3 aliphatic rings. The van der Waals surface area contributed by atoms with Crippen LogP contribution in [0.2, 0.25) is 0 Å². The van der Waals surface area contributed by atoms with Crippen molar-refractivity contribution in [1.29, 1.82) is 0 Å². The van der Waals surface area contributed by atoms with Crippen LogP contribution in [0.5, 0.6) is 5.75 Å². The topological polar surface area (TPSA) is 240 Å². The number of hydrogen-bond donors (Lipinski definition) is 5. The average molecular weight is 805 g/mol. The molecule has 57 heavy (non-hydrogen) atoms. The molecule has 2 aromatic heterocycles. The van der Waals surface area contributed by atoms with Gasteiger partial charge >= 0.3 is 0 Å². The average Bonchev–Trinajstić information content (AvgIpc) is 3.86. The first kappa shape index (κ1) is 42.7. The van der Waals surface area contributed by atoms with E-state index < -0.39 is 98.6 Å². The summed E-state index contributed by atoms with van der Waals surface area (Å²) in [5, 5.41) is 46.0. The summed E-state index contributed by atoms with van der Waals surface area (Å²) in [4.78, 5) is 28.1. The molecule has 0 radical (unpaired) electrons. The molecule has 6 rings (SSSR count). The van der Waals surface area contributed by atoms with E-state index in [9.17, 15) is 25.2 Å². The Morgan fingerprint density at radius 1 is 0.930 bits per heavy atom. The van der Waals surface area contributed by atoms with E-state index in [1.807, 2.05) is 14.1 Å². The predicted molar refractivity (Wildman–Crippen MR) is 199 cm³/mol. The number of nitrogens with one attached hydrogen (secondary N) is 1. The van der Waals surface area contributed by atoms with Crippen LogP contribution in [0.15, 0.2) is 42.5 Å². The molecule has 3 aromatic rings. The van der Waals surface area contributed by atoms with Crippen LogP contribution >= 0.6 is 0 Å². The van der Waals surface area contributed by atoms with Crippen molar-refractivity contribution < 1.29 is 67.9 Å². The maximum absolute atomic E-state index is 13.3. The number of hydrogen-bond acceptors (Lipinski definition) is 18. The van der Waals surface area contributed by atoms with Crippen LogP contribution in [-0.2, 0) is 42.7 Å². The first-order valence-corrected chi connectivity index (χ1v) is 18.3. The van der Waals surface area contributed by atoms with Gasteiger partial charge in [-0.2, -0.15) is 0 Å². The van der Waals surface area contributed by atoms with Gasteiger partial charge in [0.15, 0.2) is 35.8 Å². The molecule has 3 aliphatic heterocycles. The van der Waals surface area contributed by atoms with Gasteiger partial charge in [-0.05, 0) is 37.6 Å². The van der Waals surface area contributed by atoms with Gasteiger partial charge < -0.3 is 73.3 Å². The summed E-state index contributed by atoms with van der Waals surface area (Å²) in [5.74, 6) is 0.391. The molecule has 20 nitrogen and oxygen atoms in total. The van der Waals surface area contributed by atoms with Crippen molar-refractivity contribution >= 4 is 29.0 Å². The lowest BCUT2D eigenvalue weighted by molar-refractivity contribution is -0.351. The van der Waals surface area contributed by atoms with Crippen molar-refractivity contribution in [3.8, 4) is 5.75 Å². The fourth-order valence-electron chi connectivity index (χ4n) is 7.33. The number of imidazole rings is 1. The van der Waals surface area contributed by atoms with Gasteiger partial charge in [0.05, 0.1) is 25.1 Å². The molecule has 0 bridgehead atoms. The van der Waals surface area contributed by atoms with Crippen LogP contribution in [-0.4, -0.2) is 175 Å². The third-order valence-electron chi connectivity index (χ3n) is 10.3. The molecule has 0 saturated carbocycles. The van der Waals surface area contributed by atoms with E-state index in [0.717, 1.165) is 0 Å². The lowest BCUT2D eigenvalue weighted by Crippen LogP contribution is -2.60. The van der Waals surface area contributed by atoms with Crippen LogP contribution in [0.1, 0.15) is 25.6 Å². The van der Waals surface area contributed by atoms with Gasteiger partial charge in [0.2, 0.25) is 12.2 Å². The molecule has 1 aromatic carbocycles. The van der Waals surface area contributed by atoms with E-state index in [0.29, 0.717) is 33.9 Å². The van der Waals surface area contributed by atoms with E-state index >= 15 is 0 Å². The molecule has 3 saturated heterocycles. The Bertz CT molecular complexity index is 1830. The van der Waals surface area contributed by atoms with Gasteiger partial charge in [0.1, 0.15) is 60.9 Å². The number of aliphatic hydroxyl groups excluding tert-OH is 4. The van der Waals surface area contributed by atoms with Crippen LogP contribution in [0.25, 0.3) is 17.2 Å². The molecule has 0 aliphatic carbocycles. The quantitative estimate of drug-likeness (QED) is 0.0946. The number of carbonyl (C=O) groups is 1. The smallest absolute Gasteiger partial charge is 0.247 e. The summed E-state index contributed by atoms with van der Waals surface area (Å²) >= 11 is 0. The van der Waals surface area contributed by atoms with Crippen LogP contribution in [0.4, 0.5) is 5.82 Å². The molecule has 14 atom stereocenters. The first-order chi connectivity index (χ1) is 27.3. The highest BCUT2D eigenvalue weighted by Crippen LogP contribution is 2.34. The summed E-state index contributed by atoms with van der Waals surface area (Å²) in [5.41, 5.74) is 1.86. The van der Waals surface area contributed by atoms with E-state index in [-0.39, 0.29) is 0 Å². The normalized spacial score (nSPS) is 33.8. The van der Waals surface area contributed by atoms with Crippen molar-refractivity contribution in [3.63, 3.8) is 0 Å². The lowest BCUT2D eigenvalue weighted by Gasteiger charge is -2.44. The number of aromatic nitrogens is 4. The zero-order valence-electron chi connectivity index (χ0n) is 32.9. The van der Waals surface area contributed by atoms with E-state index in [1.165, 1.54) is 34.0 Å². The highest BCUT2D eigenvalue weighted by atomic mass is 16.8. The summed E-state index contributed by atoms with van der Waals surface area (Å²) in [6.07, 6.45) is -8.40. The minimum Gasteiger partial charge on any atom is -0.462 e. The third kappa shape index (κ3) is 8.63. The molecule has 3 fully saturated rings. The number of ether oxygens (including phenoxy) is 9. The summed E-state index contributed by atoms with van der Waals surface area (Å²) in [6.45, 7) is 2.95. The monoisotopic (exact) mass is 804 g/mol. The van der Waals surface area contributed by atoms with Crippen molar-refractivity contribution in [3.05, 3.63) is 48.1 Å². The molecule has 0 spiro atoms. The van der Waals surface area contributed by atoms with Crippen molar-refractivity contribution in [2.75, 3.05) is 54.0 Å². The number of rotatable bonds is 15. The second-order valence-corrected chi connectivity index (χ2v) is 14.2. The van der Waals surface area contributed by atoms with Crippen molar-refractivity contribution in [1.82, 2.24) is 24.8 Å². The number of amides is 1. The first-order valence-electron chi connectivity index (χ1n) is 18.3. The van der Waals surface area contributed by atoms with Gasteiger partial charge in [-0.3, -0.25) is 9.36 Å². The summed E-state index contributed by atoms with van der Waals surface area (Å²) in [7, 11) is 9.56. The molecule has 0 unspecified atom stereocenters. The molecule has 314 valence electrons. The minimum absolute atomic E-state index is 0.302. The largest absolute Gasteiger partial charge is 0.462 e. The van der Waals surface area contributed by atoms with Crippen LogP contribution in [0.3, 0.4) is 0 Å². The lowest BCUT2D eigenvalue weighted by atomic mass is 9.99. The van der Waals surface area contributed by atoms with Gasteiger partial charge in [-0.25, -0.2) is 15.0 Å².